The Bertz CT molecular complexity index is 985. The fraction of sp³-hybridized carbons (Fsp3) is 0.333. The van der Waals surface area contributed by atoms with Gasteiger partial charge in [0, 0.05) is 11.1 Å². The summed E-state index contributed by atoms with van der Waals surface area (Å²) in [7, 11) is 0. The number of aromatic nitrogens is 2. The molecule has 0 amide bonds. The maximum Gasteiger partial charge on any atom is 0.419 e. The first-order valence-electron chi connectivity index (χ1n) is 9.27. The first kappa shape index (κ1) is 21.6. The van der Waals surface area contributed by atoms with Gasteiger partial charge in [0.05, 0.1) is 18.3 Å². The van der Waals surface area contributed by atoms with Crippen molar-refractivity contribution in [1.29, 1.82) is 0 Å². The highest BCUT2D eigenvalue weighted by molar-refractivity contribution is 5.62. The Morgan fingerprint density at radius 2 is 1.67 bits per heavy atom. The first-order chi connectivity index (χ1) is 14.2. The van der Waals surface area contributed by atoms with Gasteiger partial charge in [-0.15, -0.1) is 0 Å². The second-order valence-electron chi connectivity index (χ2n) is 6.93. The molecule has 0 radical (unpaired) electrons. The molecule has 2 aromatic carbocycles. The van der Waals surface area contributed by atoms with Gasteiger partial charge in [0.15, 0.2) is 0 Å². The normalized spacial score (nSPS) is 12.8. The lowest BCUT2D eigenvalue weighted by Gasteiger charge is -2.16. The van der Waals surface area contributed by atoms with Gasteiger partial charge in [0.1, 0.15) is 17.6 Å². The minimum atomic E-state index is -4.59. The molecule has 0 bridgehead atoms. The second kappa shape index (κ2) is 8.74. The van der Waals surface area contributed by atoms with Gasteiger partial charge in [-0.2, -0.15) is 18.2 Å². The molecular weight excluding hydrogens is 401 g/mol. The molecule has 1 atom stereocenters. The van der Waals surface area contributed by atoms with E-state index in [9.17, 15) is 13.2 Å². The smallest absolute Gasteiger partial charge is 0.419 e. The highest BCUT2D eigenvalue weighted by atomic mass is 19.4. The van der Waals surface area contributed by atoms with Gasteiger partial charge in [0.25, 0.3) is 5.89 Å². The molecule has 0 aliphatic carbocycles. The molecule has 0 fully saturated rings. The molecule has 30 heavy (non-hydrogen) atoms. The highest BCUT2D eigenvalue weighted by Crippen LogP contribution is 2.39. The van der Waals surface area contributed by atoms with E-state index in [1.807, 2.05) is 0 Å². The zero-order valence-corrected chi connectivity index (χ0v) is 16.6. The number of rotatable bonds is 7. The number of hydrogen-bond acceptors (Lipinski definition) is 6. The van der Waals surface area contributed by atoms with Crippen molar-refractivity contribution in [2.24, 2.45) is 0 Å². The molecule has 1 N–H and O–H groups in total. The zero-order chi connectivity index (χ0) is 21.9. The Labute approximate surface area is 171 Å². The lowest BCUT2D eigenvalue weighted by atomic mass is 10.1. The summed E-state index contributed by atoms with van der Waals surface area (Å²) >= 11 is 0. The maximum absolute atomic E-state index is 13.4. The summed E-state index contributed by atoms with van der Waals surface area (Å²) in [5, 5.41) is 12.8. The molecule has 0 saturated heterocycles. The van der Waals surface area contributed by atoms with Gasteiger partial charge in [-0.05, 0) is 63.2 Å². The van der Waals surface area contributed by atoms with Crippen LogP contribution in [0.2, 0.25) is 0 Å². The summed E-state index contributed by atoms with van der Waals surface area (Å²) < 4.78 is 56.3. The van der Waals surface area contributed by atoms with E-state index in [0.29, 0.717) is 11.3 Å². The molecule has 0 saturated carbocycles. The lowest BCUT2D eigenvalue weighted by Crippen LogP contribution is -2.15. The highest BCUT2D eigenvalue weighted by Gasteiger charge is 2.35. The minimum Gasteiger partial charge on any atom is -0.490 e. The minimum absolute atomic E-state index is 0.0285. The number of hydrogen-bond donors (Lipinski definition) is 1. The van der Waals surface area contributed by atoms with Gasteiger partial charge in [0.2, 0.25) is 5.82 Å². The van der Waals surface area contributed by atoms with E-state index in [1.54, 1.807) is 45.0 Å². The lowest BCUT2D eigenvalue weighted by molar-refractivity contribution is -0.139. The summed E-state index contributed by atoms with van der Waals surface area (Å²) in [6.45, 7) is 4.92. The number of ether oxygens (including phenoxy) is 2. The van der Waals surface area contributed by atoms with E-state index in [0.717, 1.165) is 6.07 Å². The topological polar surface area (TPSA) is 77.6 Å². The van der Waals surface area contributed by atoms with Crippen LogP contribution < -0.4 is 9.47 Å². The monoisotopic (exact) mass is 422 g/mol. The SMILES string of the molecule is CC(C)Oc1ccc(-c2noc(-c3ccc(O[C@H](C)CO)cc3)n2)cc1C(F)(F)F. The molecule has 0 spiro atoms. The van der Waals surface area contributed by atoms with Crippen molar-refractivity contribution < 1.29 is 32.3 Å². The largest absolute Gasteiger partial charge is 0.490 e. The van der Waals surface area contributed by atoms with Gasteiger partial charge < -0.3 is 19.1 Å². The van der Waals surface area contributed by atoms with Crippen molar-refractivity contribution in [2.75, 3.05) is 6.61 Å². The summed E-state index contributed by atoms with van der Waals surface area (Å²) in [6, 6.07) is 10.3. The Morgan fingerprint density at radius 1 is 1.00 bits per heavy atom. The average molecular weight is 422 g/mol. The molecule has 0 unspecified atom stereocenters. The van der Waals surface area contributed by atoms with Gasteiger partial charge in [-0.25, -0.2) is 0 Å². The molecule has 0 aliphatic rings. The van der Waals surface area contributed by atoms with Gasteiger partial charge in [-0.3, -0.25) is 0 Å². The van der Waals surface area contributed by atoms with Crippen LogP contribution >= 0.6 is 0 Å². The molecule has 1 heterocycles. The van der Waals surface area contributed by atoms with Crippen LogP contribution in [-0.4, -0.2) is 34.1 Å². The van der Waals surface area contributed by atoms with E-state index < -0.39 is 17.8 Å². The average Bonchev–Trinajstić information content (AvgIpc) is 3.17. The number of nitrogens with zero attached hydrogens (tertiary/aromatic N) is 2. The third-order valence-corrected chi connectivity index (χ3v) is 4.03. The molecular formula is C21H21F3N2O4. The van der Waals surface area contributed by atoms with Crippen LogP contribution in [0, 0.1) is 0 Å². The maximum atomic E-state index is 13.4. The summed E-state index contributed by atoms with van der Waals surface area (Å²) in [5.41, 5.74) is -0.168. The van der Waals surface area contributed by atoms with E-state index in [-0.39, 0.29) is 35.7 Å². The van der Waals surface area contributed by atoms with E-state index >= 15 is 0 Å². The Hall–Kier alpha value is -3.07. The van der Waals surface area contributed by atoms with Crippen LogP contribution in [0.5, 0.6) is 11.5 Å². The van der Waals surface area contributed by atoms with E-state index in [4.69, 9.17) is 19.1 Å². The third kappa shape index (κ3) is 5.10. The molecule has 6 nitrogen and oxygen atoms in total. The van der Waals surface area contributed by atoms with Gasteiger partial charge >= 0.3 is 6.18 Å². The van der Waals surface area contributed by atoms with Crippen molar-refractivity contribution >= 4 is 0 Å². The quantitative estimate of drug-likeness (QED) is 0.579. The van der Waals surface area contributed by atoms with Crippen molar-refractivity contribution in [3.05, 3.63) is 48.0 Å². The molecule has 160 valence electrons. The number of halogens is 3. The molecule has 3 aromatic rings. The third-order valence-electron chi connectivity index (χ3n) is 4.03. The molecule has 9 heteroatoms. The van der Waals surface area contributed by atoms with Crippen molar-refractivity contribution in [1.82, 2.24) is 10.1 Å². The molecule has 0 aliphatic heterocycles. The van der Waals surface area contributed by atoms with Crippen LogP contribution in [0.1, 0.15) is 26.3 Å². The van der Waals surface area contributed by atoms with E-state index in [1.165, 1.54) is 12.1 Å². The second-order valence-corrected chi connectivity index (χ2v) is 6.93. The first-order valence-corrected chi connectivity index (χ1v) is 9.27. The van der Waals surface area contributed by atoms with Gasteiger partial charge in [-0.1, -0.05) is 5.16 Å². The summed E-state index contributed by atoms with van der Waals surface area (Å²) in [4.78, 5) is 4.20. The Balaban J connectivity index is 1.87. The predicted molar refractivity (Wildman–Crippen MR) is 103 cm³/mol. The number of aliphatic hydroxyl groups is 1. The number of alkyl halides is 3. The molecule has 1 aromatic heterocycles. The van der Waals surface area contributed by atoms with Crippen LogP contribution in [0.4, 0.5) is 13.2 Å². The van der Waals surface area contributed by atoms with Crippen molar-refractivity contribution in [2.45, 2.75) is 39.2 Å². The van der Waals surface area contributed by atoms with Crippen LogP contribution in [0.15, 0.2) is 47.0 Å². The Kier molecular flexibility index (Phi) is 6.31. The molecule has 3 rings (SSSR count). The van der Waals surface area contributed by atoms with Crippen LogP contribution in [0.25, 0.3) is 22.8 Å². The summed E-state index contributed by atoms with van der Waals surface area (Å²) in [5.74, 6) is 0.483. The Morgan fingerprint density at radius 3 is 2.27 bits per heavy atom. The van der Waals surface area contributed by atoms with Crippen LogP contribution in [0.3, 0.4) is 0 Å². The number of benzene rings is 2. The number of aliphatic hydroxyl groups excluding tert-OH is 1. The summed E-state index contributed by atoms with van der Waals surface area (Å²) in [6.07, 6.45) is -5.34. The predicted octanol–water partition coefficient (Wildman–Crippen LogP) is 4.97. The van der Waals surface area contributed by atoms with E-state index in [2.05, 4.69) is 10.1 Å². The van der Waals surface area contributed by atoms with Crippen LogP contribution in [-0.2, 0) is 6.18 Å². The van der Waals surface area contributed by atoms with Crippen molar-refractivity contribution in [3.63, 3.8) is 0 Å². The standard InChI is InChI=1S/C21H21F3N2O4/c1-12(2)28-18-9-6-15(10-17(18)21(22,23)24)19-25-20(30-26-19)14-4-7-16(8-5-14)29-13(3)11-27/h4-10,12-13,27H,11H2,1-3H3/t13-/m1/s1. The fourth-order valence-electron chi connectivity index (χ4n) is 2.65. The van der Waals surface area contributed by atoms with Crippen molar-refractivity contribution in [3.8, 4) is 34.3 Å². The fourth-order valence-corrected chi connectivity index (χ4v) is 2.65. The zero-order valence-electron chi connectivity index (χ0n) is 16.6.